The van der Waals surface area contributed by atoms with Crippen LogP contribution in [0.3, 0.4) is 0 Å². The first-order valence-corrected chi connectivity index (χ1v) is 5.02. The molecule has 17 heavy (non-hydrogen) atoms. The van der Waals surface area contributed by atoms with E-state index in [2.05, 4.69) is 21.8 Å². The Labute approximate surface area is 98.9 Å². The van der Waals surface area contributed by atoms with Crippen LogP contribution in [-0.4, -0.2) is 4.98 Å². The summed E-state index contributed by atoms with van der Waals surface area (Å²) in [6.07, 6.45) is 1.63. The summed E-state index contributed by atoms with van der Waals surface area (Å²) >= 11 is 0. The van der Waals surface area contributed by atoms with Crippen LogP contribution < -0.4 is 16.6 Å². The van der Waals surface area contributed by atoms with Crippen LogP contribution in [0.4, 0.5) is 17.2 Å². The number of nitrogens with zero attached hydrogens (tertiary/aromatic N) is 2. The third-order valence-corrected chi connectivity index (χ3v) is 2.23. The van der Waals surface area contributed by atoms with Gasteiger partial charge in [0.15, 0.2) is 0 Å². The van der Waals surface area contributed by atoms with Crippen LogP contribution >= 0.6 is 0 Å². The second-order valence-electron chi connectivity index (χ2n) is 3.36. The summed E-state index contributed by atoms with van der Waals surface area (Å²) < 4.78 is 0. The molecule has 0 unspecified atom stereocenters. The molecule has 0 aliphatic carbocycles. The quantitative estimate of drug-likeness (QED) is 0.549. The predicted molar refractivity (Wildman–Crippen MR) is 66.5 cm³/mol. The number of rotatable bonds is 3. The summed E-state index contributed by atoms with van der Waals surface area (Å²) in [4.78, 5) is 4.00. The molecule has 2 rings (SSSR count). The van der Waals surface area contributed by atoms with Crippen LogP contribution in [0.1, 0.15) is 5.56 Å². The lowest BCUT2D eigenvalue weighted by atomic mass is 10.2. The number of pyridine rings is 1. The van der Waals surface area contributed by atoms with Crippen molar-refractivity contribution in [3.05, 3.63) is 48.2 Å². The smallest absolute Gasteiger partial charge is 0.141 e. The number of nitrogens with one attached hydrogen (secondary N) is 2. The van der Waals surface area contributed by atoms with Crippen LogP contribution in [-0.2, 0) is 0 Å². The van der Waals surface area contributed by atoms with Gasteiger partial charge in [0.2, 0.25) is 0 Å². The molecule has 0 atom stereocenters. The van der Waals surface area contributed by atoms with Crippen LogP contribution in [0.25, 0.3) is 0 Å². The highest BCUT2D eigenvalue weighted by atomic mass is 15.2. The summed E-state index contributed by atoms with van der Waals surface area (Å²) in [6, 6.07) is 13.0. The Kier molecular flexibility index (Phi) is 3.19. The van der Waals surface area contributed by atoms with E-state index in [1.807, 2.05) is 18.2 Å². The molecule has 0 aliphatic heterocycles. The molecule has 1 heterocycles. The molecule has 0 bridgehead atoms. The average Bonchev–Trinajstić information content (AvgIpc) is 2.39. The van der Waals surface area contributed by atoms with Gasteiger partial charge in [0, 0.05) is 18.0 Å². The molecule has 5 nitrogen and oxygen atoms in total. The normalized spacial score (nSPS) is 9.41. The molecule has 1 aromatic heterocycles. The molecule has 0 saturated heterocycles. The molecule has 2 aromatic rings. The first kappa shape index (κ1) is 10.9. The summed E-state index contributed by atoms with van der Waals surface area (Å²) in [7, 11) is 0. The van der Waals surface area contributed by atoms with Gasteiger partial charge in [-0.2, -0.15) is 5.26 Å². The van der Waals surface area contributed by atoms with Crippen molar-refractivity contribution in [3.63, 3.8) is 0 Å². The molecule has 4 N–H and O–H groups in total. The minimum Gasteiger partial charge on any atom is -0.354 e. The van der Waals surface area contributed by atoms with Gasteiger partial charge in [-0.1, -0.05) is 12.1 Å². The second-order valence-corrected chi connectivity index (χ2v) is 3.36. The van der Waals surface area contributed by atoms with Crippen molar-refractivity contribution in [1.82, 2.24) is 4.98 Å². The molecule has 0 amide bonds. The molecule has 1 aromatic carbocycles. The predicted octanol–water partition coefficient (Wildman–Crippen LogP) is 1.98. The van der Waals surface area contributed by atoms with Crippen LogP contribution in [0.5, 0.6) is 0 Å². The number of para-hydroxylation sites is 1. The highest BCUT2D eigenvalue weighted by Gasteiger charge is 2.01. The van der Waals surface area contributed by atoms with E-state index in [-0.39, 0.29) is 0 Å². The number of nitriles is 1. The highest BCUT2D eigenvalue weighted by molar-refractivity contribution is 5.67. The Morgan fingerprint density at radius 2 is 2.06 bits per heavy atom. The van der Waals surface area contributed by atoms with Crippen molar-refractivity contribution in [1.29, 1.82) is 5.26 Å². The van der Waals surface area contributed by atoms with Crippen molar-refractivity contribution < 1.29 is 0 Å². The summed E-state index contributed by atoms with van der Waals surface area (Å²) in [5.41, 5.74) is 4.62. The molecule has 84 valence electrons. The largest absolute Gasteiger partial charge is 0.354 e. The molecule has 5 heteroatoms. The Morgan fingerprint density at radius 3 is 2.82 bits per heavy atom. The van der Waals surface area contributed by atoms with Crippen molar-refractivity contribution in [2.75, 3.05) is 10.7 Å². The lowest BCUT2D eigenvalue weighted by Crippen LogP contribution is -2.08. The number of benzene rings is 1. The first-order chi connectivity index (χ1) is 8.33. The number of aromatic nitrogens is 1. The third kappa shape index (κ3) is 2.51. The number of hydrazine groups is 1. The minimum atomic E-state index is 0.560. The lowest BCUT2D eigenvalue weighted by Gasteiger charge is -2.08. The molecule has 0 aliphatic rings. The van der Waals surface area contributed by atoms with Crippen LogP contribution in [0.15, 0.2) is 42.6 Å². The fraction of sp³-hybridized carbons (Fsp3) is 0. The summed E-state index contributed by atoms with van der Waals surface area (Å²) in [6.45, 7) is 0. The topological polar surface area (TPSA) is 86.8 Å². The van der Waals surface area contributed by atoms with Crippen molar-refractivity contribution in [2.24, 2.45) is 5.84 Å². The fourth-order valence-electron chi connectivity index (χ4n) is 1.43. The minimum absolute atomic E-state index is 0.560. The van der Waals surface area contributed by atoms with Gasteiger partial charge in [0.1, 0.15) is 11.9 Å². The fourth-order valence-corrected chi connectivity index (χ4v) is 1.43. The second kappa shape index (κ2) is 4.96. The van der Waals surface area contributed by atoms with E-state index in [1.54, 1.807) is 24.4 Å². The maximum absolute atomic E-state index is 8.96. The van der Waals surface area contributed by atoms with Gasteiger partial charge in [-0.15, -0.1) is 0 Å². The SMILES string of the molecule is N#Cc1ccccc1Nc1ccnc(NN)c1. The van der Waals surface area contributed by atoms with Gasteiger partial charge >= 0.3 is 0 Å². The molecule has 0 fully saturated rings. The Hall–Kier alpha value is -2.58. The zero-order valence-electron chi connectivity index (χ0n) is 9.01. The van der Waals surface area contributed by atoms with Crippen molar-refractivity contribution in [3.8, 4) is 6.07 Å². The average molecular weight is 225 g/mol. The number of nitrogens with two attached hydrogens (primary N) is 1. The first-order valence-electron chi connectivity index (χ1n) is 5.02. The van der Waals surface area contributed by atoms with E-state index >= 15 is 0 Å². The van der Waals surface area contributed by atoms with Crippen LogP contribution in [0, 0.1) is 11.3 Å². The van der Waals surface area contributed by atoms with E-state index in [9.17, 15) is 0 Å². The Bertz CT molecular complexity index is 559. The summed E-state index contributed by atoms with van der Waals surface area (Å²) in [5, 5.41) is 12.1. The van der Waals surface area contributed by atoms with E-state index in [0.29, 0.717) is 11.4 Å². The van der Waals surface area contributed by atoms with Gasteiger partial charge in [0.25, 0.3) is 0 Å². The zero-order valence-corrected chi connectivity index (χ0v) is 9.01. The van der Waals surface area contributed by atoms with E-state index < -0.39 is 0 Å². The number of nitrogen functional groups attached to an aromatic ring is 1. The standard InChI is InChI=1S/C12H11N5/c13-8-9-3-1-2-4-11(9)16-10-5-6-15-12(7-10)17-14/h1-7H,14H2,(H2,15,16,17). The Morgan fingerprint density at radius 1 is 1.24 bits per heavy atom. The van der Waals surface area contributed by atoms with Gasteiger partial charge in [-0.3, -0.25) is 0 Å². The molecular weight excluding hydrogens is 214 g/mol. The Balaban J connectivity index is 2.28. The third-order valence-electron chi connectivity index (χ3n) is 2.23. The summed E-state index contributed by atoms with van der Waals surface area (Å²) in [5.74, 6) is 5.84. The van der Waals surface area contributed by atoms with E-state index in [4.69, 9.17) is 11.1 Å². The van der Waals surface area contributed by atoms with Gasteiger partial charge < -0.3 is 10.7 Å². The van der Waals surface area contributed by atoms with Crippen molar-refractivity contribution in [2.45, 2.75) is 0 Å². The molecular formula is C12H11N5. The highest BCUT2D eigenvalue weighted by Crippen LogP contribution is 2.21. The zero-order chi connectivity index (χ0) is 12.1. The maximum Gasteiger partial charge on any atom is 0.141 e. The van der Waals surface area contributed by atoms with E-state index in [0.717, 1.165) is 11.4 Å². The molecule has 0 saturated carbocycles. The number of hydrogen-bond donors (Lipinski definition) is 3. The van der Waals surface area contributed by atoms with Gasteiger partial charge in [-0.25, -0.2) is 10.8 Å². The molecule has 0 spiro atoms. The number of anilines is 3. The van der Waals surface area contributed by atoms with Gasteiger partial charge in [-0.05, 0) is 18.2 Å². The number of hydrogen-bond acceptors (Lipinski definition) is 5. The van der Waals surface area contributed by atoms with Gasteiger partial charge in [0.05, 0.1) is 11.3 Å². The van der Waals surface area contributed by atoms with Crippen molar-refractivity contribution >= 4 is 17.2 Å². The monoisotopic (exact) mass is 225 g/mol. The molecule has 0 radical (unpaired) electrons. The maximum atomic E-state index is 8.96. The van der Waals surface area contributed by atoms with Crippen LogP contribution in [0.2, 0.25) is 0 Å². The van der Waals surface area contributed by atoms with E-state index in [1.165, 1.54) is 0 Å². The lowest BCUT2D eigenvalue weighted by molar-refractivity contribution is 1.23.